The number of anilines is 1. The van der Waals surface area contributed by atoms with Crippen molar-refractivity contribution in [2.24, 2.45) is 0 Å². The van der Waals surface area contributed by atoms with Gasteiger partial charge in [-0.05, 0) is 29.3 Å². The van der Waals surface area contributed by atoms with E-state index in [9.17, 15) is 29.3 Å². The van der Waals surface area contributed by atoms with Crippen LogP contribution in [-0.4, -0.2) is 11.1 Å². The van der Waals surface area contributed by atoms with Gasteiger partial charge in [0.2, 0.25) is 0 Å². The molecule has 0 heterocycles. The van der Waals surface area contributed by atoms with E-state index in [-0.39, 0.29) is 30.9 Å². The lowest BCUT2D eigenvalue weighted by Crippen LogP contribution is -2.24. The van der Waals surface area contributed by atoms with Gasteiger partial charge in [-0.25, -0.2) is 4.79 Å². The fourth-order valence-electron chi connectivity index (χ4n) is 3.04. The van der Waals surface area contributed by atoms with Crippen molar-refractivity contribution >= 4 is 21.9 Å². The Morgan fingerprint density at radius 1 is 0.767 bits per heavy atom. The Balaban J connectivity index is 2.11. The second-order valence-corrected chi connectivity index (χ2v) is 9.19. The molecule has 3 aromatic carbocycles. The van der Waals surface area contributed by atoms with Gasteiger partial charge in [0.05, 0.1) is 11.3 Å². The summed E-state index contributed by atoms with van der Waals surface area (Å²) in [6.07, 6.45) is 0. The summed E-state index contributed by atoms with van der Waals surface area (Å²) in [7, 11) is -10.0. The lowest BCUT2D eigenvalue weighted by atomic mass is 10.1. The monoisotopic (exact) mass is 443 g/mol. The predicted molar refractivity (Wildman–Crippen MR) is 108 cm³/mol. The summed E-state index contributed by atoms with van der Waals surface area (Å²) in [6.45, 7) is 0.345. The van der Waals surface area contributed by atoms with Gasteiger partial charge in [-0.1, -0.05) is 80.1 Å². The highest BCUT2D eigenvalue weighted by atomic mass is 32.5. The van der Waals surface area contributed by atoms with Crippen molar-refractivity contribution in [3.63, 3.8) is 0 Å². The molecule has 0 aromatic heterocycles. The number of aromatic carboxylic acids is 1. The second-order valence-electron chi connectivity index (χ2n) is 6.78. The van der Waals surface area contributed by atoms with Crippen LogP contribution in [0.2, 0.25) is 0 Å². The summed E-state index contributed by atoms with van der Waals surface area (Å²) >= 11 is 0. The topological polar surface area (TPSA) is 40.5 Å². The lowest BCUT2D eigenvalue weighted by molar-refractivity contribution is 0.0697. The summed E-state index contributed by atoms with van der Waals surface area (Å²) in [5.74, 6) is -1.72. The molecule has 0 unspecified atom stereocenters. The van der Waals surface area contributed by atoms with E-state index in [2.05, 4.69) is 0 Å². The van der Waals surface area contributed by atoms with Crippen LogP contribution in [0.4, 0.5) is 25.1 Å². The number of benzene rings is 3. The molecule has 3 aromatic rings. The maximum atomic E-state index is 13.2. The van der Waals surface area contributed by atoms with Crippen molar-refractivity contribution in [1.82, 2.24) is 0 Å². The number of hydrogen-bond donors (Lipinski definition) is 1. The lowest BCUT2D eigenvalue weighted by Gasteiger charge is -2.41. The van der Waals surface area contributed by atoms with Gasteiger partial charge < -0.3 is 10.0 Å². The van der Waals surface area contributed by atoms with Crippen LogP contribution in [0.3, 0.4) is 0 Å². The Bertz CT molecular complexity index is 1020. The summed E-state index contributed by atoms with van der Waals surface area (Å²) in [5, 5.41) is 9.48. The van der Waals surface area contributed by atoms with Crippen molar-refractivity contribution < 1.29 is 29.3 Å². The molecule has 1 N–H and O–H groups in total. The largest absolute Gasteiger partial charge is 0.478 e. The fraction of sp³-hybridized carbons (Fsp3) is 0.0952. The minimum absolute atomic E-state index is 0.0161. The van der Waals surface area contributed by atoms with Crippen molar-refractivity contribution in [2.75, 3.05) is 4.90 Å². The molecular weight excluding hydrogens is 425 g/mol. The Labute approximate surface area is 170 Å². The van der Waals surface area contributed by atoms with Gasteiger partial charge in [0.25, 0.3) is 0 Å². The number of nitrogens with zero attached hydrogens (tertiary/aromatic N) is 1. The van der Waals surface area contributed by atoms with E-state index in [1.165, 1.54) is 0 Å². The zero-order valence-corrected chi connectivity index (χ0v) is 16.3. The molecule has 3 nitrogen and oxygen atoms in total. The Morgan fingerprint density at radius 3 is 1.63 bits per heavy atom. The molecule has 0 atom stereocenters. The number of carboxylic acid groups (broad SMARTS) is 1. The molecule has 0 amide bonds. The number of rotatable bonds is 7. The molecule has 0 fully saturated rings. The van der Waals surface area contributed by atoms with E-state index >= 15 is 0 Å². The van der Waals surface area contributed by atoms with Crippen molar-refractivity contribution in [3.8, 4) is 0 Å². The highest BCUT2D eigenvalue weighted by Gasteiger charge is 2.65. The number of carbonyl (C=O) groups is 1. The minimum Gasteiger partial charge on any atom is -0.478 e. The van der Waals surface area contributed by atoms with E-state index in [0.29, 0.717) is 0 Å². The van der Waals surface area contributed by atoms with Gasteiger partial charge in [0.15, 0.2) is 0 Å². The predicted octanol–water partition coefficient (Wildman–Crippen LogP) is 7.25. The molecule has 3 rings (SSSR count). The van der Waals surface area contributed by atoms with Crippen molar-refractivity contribution in [2.45, 2.75) is 18.0 Å². The molecule has 30 heavy (non-hydrogen) atoms. The van der Waals surface area contributed by atoms with E-state index in [0.717, 1.165) is 17.2 Å². The maximum absolute atomic E-state index is 13.2. The van der Waals surface area contributed by atoms with Gasteiger partial charge in [-0.2, -0.15) is 0 Å². The smallest absolute Gasteiger partial charge is 0.337 e. The molecule has 0 saturated heterocycles. The third kappa shape index (κ3) is 5.29. The number of hydrogen-bond acceptors (Lipinski definition) is 2. The summed E-state index contributed by atoms with van der Waals surface area (Å²) in [4.78, 5) is 11.0. The molecule has 0 aliphatic rings. The number of halogens is 5. The highest BCUT2D eigenvalue weighted by Crippen LogP contribution is 3.02. The standard InChI is InChI=1S/C21H18F5NO2S/c22-30(23,24,25,26)18-11-12-20(19(13-18)21(28)29)27(14-16-7-3-1-4-8-16)15-17-9-5-2-6-10-17/h1-13H,14-15H2,(H,28,29). The third-order valence-corrected chi connectivity index (χ3v) is 5.56. The fourth-order valence-corrected chi connectivity index (χ4v) is 3.70. The van der Waals surface area contributed by atoms with Crippen LogP contribution in [-0.2, 0) is 13.1 Å². The first-order valence-electron chi connectivity index (χ1n) is 8.78. The van der Waals surface area contributed by atoms with Crippen LogP contribution in [0.5, 0.6) is 0 Å². The first-order valence-corrected chi connectivity index (χ1v) is 10.7. The first kappa shape index (κ1) is 21.6. The molecule has 0 saturated carbocycles. The van der Waals surface area contributed by atoms with Crippen LogP contribution in [0, 0.1) is 0 Å². The van der Waals surface area contributed by atoms with Gasteiger partial charge in [-0.15, -0.1) is 0 Å². The van der Waals surface area contributed by atoms with E-state index in [1.807, 2.05) is 0 Å². The normalized spacial score (nSPS) is 13.9. The van der Waals surface area contributed by atoms with Gasteiger partial charge in [0, 0.05) is 13.1 Å². The zero-order chi connectivity index (χ0) is 22.1. The molecule has 0 radical (unpaired) electrons. The zero-order valence-electron chi connectivity index (χ0n) is 15.5. The number of carboxylic acids is 1. The van der Waals surface area contributed by atoms with Crippen LogP contribution in [0.1, 0.15) is 21.5 Å². The molecule has 0 bridgehead atoms. The average molecular weight is 443 g/mol. The van der Waals surface area contributed by atoms with E-state index < -0.39 is 26.7 Å². The van der Waals surface area contributed by atoms with Crippen molar-refractivity contribution in [1.29, 1.82) is 0 Å². The molecule has 9 heteroatoms. The van der Waals surface area contributed by atoms with Gasteiger partial charge >= 0.3 is 16.2 Å². The minimum atomic E-state index is -10.0. The molecule has 160 valence electrons. The van der Waals surface area contributed by atoms with Gasteiger partial charge in [0.1, 0.15) is 4.90 Å². The molecule has 0 aliphatic carbocycles. The summed E-state index contributed by atoms with van der Waals surface area (Å²) < 4.78 is 66.1. The SMILES string of the molecule is O=C(O)c1cc(S(F)(F)(F)(F)F)ccc1N(Cc1ccccc1)Cc1ccccc1. The van der Waals surface area contributed by atoms with Crippen LogP contribution < -0.4 is 4.90 Å². The Morgan fingerprint density at radius 2 is 1.23 bits per heavy atom. The second kappa shape index (κ2) is 7.02. The summed E-state index contributed by atoms with van der Waals surface area (Å²) in [5.41, 5.74) is 0.636. The van der Waals surface area contributed by atoms with Crippen LogP contribution >= 0.6 is 10.2 Å². The Hall–Kier alpha value is -3.07. The third-order valence-electron chi connectivity index (χ3n) is 4.42. The van der Waals surface area contributed by atoms with Crippen LogP contribution in [0.25, 0.3) is 0 Å². The van der Waals surface area contributed by atoms with Crippen molar-refractivity contribution in [3.05, 3.63) is 95.6 Å². The summed E-state index contributed by atoms with van der Waals surface area (Å²) in [6, 6.07) is 18.8. The van der Waals surface area contributed by atoms with Gasteiger partial charge in [-0.3, -0.25) is 0 Å². The quantitative estimate of drug-likeness (QED) is 0.391. The van der Waals surface area contributed by atoms with Crippen LogP contribution in [0.15, 0.2) is 83.8 Å². The molecule has 0 aliphatic heterocycles. The molecule has 0 spiro atoms. The Kier molecular flexibility index (Phi) is 5.06. The average Bonchev–Trinajstić information content (AvgIpc) is 2.67. The highest BCUT2D eigenvalue weighted by molar-refractivity contribution is 8.45. The van der Waals surface area contributed by atoms with E-state index in [1.54, 1.807) is 65.6 Å². The maximum Gasteiger partial charge on any atom is 0.337 e. The first-order chi connectivity index (χ1) is 13.8. The van der Waals surface area contributed by atoms with E-state index in [4.69, 9.17) is 0 Å². The molecular formula is C21H18F5NO2S.